The van der Waals surface area contributed by atoms with E-state index >= 15 is 0 Å². The van der Waals surface area contributed by atoms with Crippen molar-refractivity contribution < 1.29 is 8.78 Å². The molecular formula is C22H24F2N6O. The van der Waals surface area contributed by atoms with Gasteiger partial charge in [0.15, 0.2) is 0 Å². The van der Waals surface area contributed by atoms with Gasteiger partial charge >= 0.3 is 0 Å². The number of aromatic nitrogens is 1. The predicted molar refractivity (Wildman–Crippen MR) is 114 cm³/mol. The summed E-state index contributed by atoms with van der Waals surface area (Å²) in [5.41, 5.74) is 8.31. The monoisotopic (exact) mass is 426 g/mol. The van der Waals surface area contributed by atoms with Crippen LogP contribution in [0.2, 0.25) is 0 Å². The smallest absolute Gasteiger partial charge is 0.261 e. The number of alkyl halides is 2. The van der Waals surface area contributed by atoms with Crippen molar-refractivity contribution in [2.75, 3.05) is 5.32 Å². The lowest BCUT2D eigenvalue weighted by atomic mass is 9.85. The number of nitriles is 1. The second-order valence-electron chi connectivity index (χ2n) is 7.94. The number of aliphatic imine (C=N–C) groups is 1. The number of hydrogen-bond acceptors (Lipinski definition) is 5. The molecule has 1 aliphatic carbocycles. The Bertz CT molecular complexity index is 1090. The first kappa shape index (κ1) is 21.0. The maximum atomic E-state index is 13.1. The maximum Gasteiger partial charge on any atom is 0.261 e. The van der Waals surface area contributed by atoms with E-state index in [1.165, 1.54) is 6.20 Å². The molecule has 2 heterocycles. The maximum absolute atomic E-state index is 13.1. The number of amidine groups is 1. The lowest BCUT2D eigenvalue weighted by Gasteiger charge is -2.29. The van der Waals surface area contributed by atoms with Crippen LogP contribution in [0, 0.1) is 17.2 Å². The summed E-state index contributed by atoms with van der Waals surface area (Å²) in [5.74, 6) is -0.115. The van der Waals surface area contributed by atoms with Gasteiger partial charge < -0.3 is 21.4 Å². The van der Waals surface area contributed by atoms with Crippen LogP contribution >= 0.6 is 0 Å². The van der Waals surface area contributed by atoms with E-state index in [1.807, 2.05) is 0 Å². The van der Waals surface area contributed by atoms with Crippen molar-refractivity contribution in [3.63, 3.8) is 0 Å². The molecule has 7 nitrogen and oxygen atoms in total. The molecule has 5 N–H and O–H groups in total. The van der Waals surface area contributed by atoms with Gasteiger partial charge in [-0.05, 0) is 42.2 Å². The third-order valence-corrected chi connectivity index (χ3v) is 5.97. The van der Waals surface area contributed by atoms with Crippen LogP contribution in [-0.4, -0.2) is 23.3 Å². The SMILES string of the molecule is N#CC1CCCC[C@@H]1Nc1cc[nH]c(=O)c1C(N)=Nc1ccc2c(c1)CNC2C(F)F. The number of aromatic amines is 1. The lowest BCUT2D eigenvalue weighted by molar-refractivity contribution is 0.103. The number of anilines is 1. The largest absolute Gasteiger partial charge is 0.383 e. The molecule has 2 aromatic rings. The van der Waals surface area contributed by atoms with Crippen LogP contribution in [0.15, 0.2) is 40.2 Å². The minimum absolute atomic E-state index is 0.0185. The minimum Gasteiger partial charge on any atom is -0.383 e. The number of nitrogens with two attached hydrogens (primary N) is 1. The molecule has 2 unspecified atom stereocenters. The van der Waals surface area contributed by atoms with Gasteiger partial charge in [-0.1, -0.05) is 18.9 Å². The Morgan fingerprint density at radius 2 is 2.10 bits per heavy atom. The van der Waals surface area contributed by atoms with Crippen molar-refractivity contribution in [3.05, 3.63) is 57.5 Å². The Morgan fingerprint density at radius 3 is 2.87 bits per heavy atom. The fraction of sp³-hybridized carbons (Fsp3) is 0.409. The Labute approximate surface area is 178 Å². The van der Waals surface area contributed by atoms with Crippen LogP contribution in [0.25, 0.3) is 0 Å². The number of benzene rings is 1. The molecule has 1 aliphatic heterocycles. The average Bonchev–Trinajstić information content (AvgIpc) is 3.17. The second kappa shape index (κ2) is 8.86. The van der Waals surface area contributed by atoms with Crippen LogP contribution in [0.5, 0.6) is 0 Å². The minimum atomic E-state index is -2.49. The Hall–Kier alpha value is -3.25. The molecule has 2 aliphatic rings. The van der Waals surface area contributed by atoms with Gasteiger partial charge in [0.1, 0.15) is 11.4 Å². The van der Waals surface area contributed by atoms with Crippen molar-refractivity contribution >= 4 is 17.2 Å². The Balaban J connectivity index is 1.63. The van der Waals surface area contributed by atoms with Gasteiger partial charge in [-0.15, -0.1) is 0 Å². The zero-order chi connectivity index (χ0) is 22.0. The lowest BCUT2D eigenvalue weighted by Crippen LogP contribution is -2.34. The third kappa shape index (κ3) is 4.30. The number of pyridine rings is 1. The summed E-state index contributed by atoms with van der Waals surface area (Å²) < 4.78 is 26.2. The van der Waals surface area contributed by atoms with E-state index in [2.05, 4.69) is 26.7 Å². The number of nitrogens with zero attached hydrogens (tertiary/aromatic N) is 2. The van der Waals surface area contributed by atoms with Gasteiger partial charge in [-0.25, -0.2) is 13.8 Å². The molecule has 0 radical (unpaired) electrons. The summed E-state index contributed by atoms with van der Waals surface area (Å²) in [5, 5.41) is 15.5. The molecule has 4 rings (SSSR count). The molecular weight excluding hydrogens is 402 g/mol. The van der Waals surface area contributed by atoms with Crippen molar-refractivity contribution in [2.24, 2.45) is 16.6 Å². The third-order valence-electron chi connectivity index (χ3n) is 5.97. The highest BCUT2D eigenvalue weighted by Gasteiger charge is 2.29. The standard InChI is InChI=1S/C22H24F2N6O/c23-20(24)19-15-6-5-14(9-13(15)11-28-19)29-21(26)18-17(7-8-27-22(18)31)30-16-4-2-1-3-12(16)10-25/h5-9,12,16,19-20,28H,1-4,11H2,(H2,26,29)(H2,27,30,31)/t12?,16-,19?/m0/s1. The van der Waals surface area contributed by atoms with Crippen molar-refractivity contribution in [3.8, 4) is 6.07 Å². The van der Waals surface area contributed by atoms with Crippen LogP contribution < -0.4 is 21.9 Å². The molecule has 9 heteroatoms. The fourth-order valence-electron chi connectivity index (χ4n) is 4.38. The Morgan fingerprint density at radius 1 is 1.29 bits per heavy atom. The van der Waals surface area contributed by atoms with E-state index in [4.69, 9.17) is 5.73 Å². The summed E-state index contributed by atoms with van der Waals surface area (Å²) >= 11 is 0. The molecule has 1 aromatic heterocycles. The molecule has 0 bridgehead atoms. The molecule has 3 atom stereocenters. The van der Waals surface area contributed by atoms with Crippen molar-refractivity contribution in [1.29, 1.82) is 5.26 Å². The van der Waals surface area contributed by atoms with Crippen molar-refractivity contribution in [1.82, 2.24) is 10.3 Å². The van der Waals surface area contributed by atoms with Gasteiger partial charge in [-0.3, -0.25) is 4.79 Å². The number of halogens is 2. The topological polar surface area (TPSA) is 119 Å². The summed E-state index contributed by atoms with van der Waals surface area (Å²) in [4.78, 5) is 19.6. The highest BCUT2D eigenvalue weighted by Crippen LogP contribution is 2.33. The zero-order valence-electron chi connectivity index (χ0n) is 16.9. The first-order chi connectivity index (χ1) is 15.0. The van der Waals surface area contributed by atoms with Gasteiger partial charge in [0.2, 0.25) is 0 Å². The number of hydrogen-bond donors (Lipinski definition) is 4. The van der Waals surface area contributed by atoms with Gasteiger partial charge in [0, 0.05) is 18.8 Å². The van der Waals surface area contributed by atoms with Gasteiger partial charge in [0.05, 0.1) is 29.4 Å². The predicted octanol–water partition coefficient (Wildman–Crippen LogP) is 3.32. The van der Waals surface area contributed by atoms with E-state index in [1.54, 1.807) is 24.3 Å². The van der Waals surface area contributed by atoms with Crippen LogP contribution in [-0.2, 0) is 6.54 Å². The average molecular weight is 426 g/mol. The highest BCUT2D eigenvalue weighted by molar-refractivity contribution is 6.03. The van der Waals surface area contributed by atoms with Crippen LogP contribution in [0.3, 0.4) is 0 Å². The molecule has 31 heavy (non-hydrogen) atoms. The normalized spacial score (nSPS) is 23.4. The molecule has 0 saturated heterocycles. The number of nitrogens with one attached hydrogen (secondary N) is 3. The molecule has 0 spiro atoms. The zero-order valence-corrected chi connectivity index (χ0v) is 16.9. The van der Waals surface area contributed by atoms with Gasteiger partial charge in [0.25, 0.3) is 12.0 Å². The van der Waals surface area contributed by atoms with E-state index in [9.17, 15) is 18.8 Å². The highest BCUT2D eigenvalue weighted by atomic mass is 19.3. The molecule has 162 valence electrons. The van der Waals surface area contributed by atoms with Crippen molar-refractivity contribution in [2.45, 2.75) is 50.7 Å². The van der Waals surface area contributed by atoms with Crippen LogP contribution in [0.4, 0.5) is 20.2 Å². The quantitative estimate of drug-likeness (QED) is 0.432. The summed E-state index contributed by atoms with van der Waals surface area (Å²) in [6.45, 7) is 0.323. The van der Waals surface area contributed by atoms with E-state index < -0.39 is 18.0 Å². The molecule has 0 amide bonds. The Kier molecular flexibility index (Phi) is 6.00. The molecule has 1 saturated carbocycles. The van der Waals surface area contributed by atoms with Gasteiger partial charge in [-0.2, -0.15) is 5.26 Å². The first-order valence-corrected chi connectivity index (χ1v) is 10.3. The number of rotatable bonds is 5. The summed E-state index contributed by atoms with van der Waals surface area (Å²) in [6, 6.07) is 7.94. The second-order valence-corrected chi connectivity index (χ2v) is 7.94. The fourth-order valence-corrected chi connectivity index (χ4v) is 4.38. The van der Waals surface area contributed by atoms with E-state index in [0.29, 0.717) is 23.5 Å². The molecule has 1 aromatic carbocycles. The number of fused-ring (bicyclic) bond motifs is 1. The van der Waals surface area contributed by atoms with E-state index in [-0.39, 0.29) is 23.4 Å². The summed E-state index contributed by atoms with van der Waals surface area (Å²) in [6.07, 6.45) is 2.72. The molecule has 1 fully saturated rings. The van der Waals surface area contributed by atoms with E-state index in [0.717, 1.165) is 31.2 Å². The van der Waals surface area contributed by atoms with Crippen LogP contribution in [0.1, 0.15) is 48.4 Å². The number of H-pyrrole nitrogens is 1. The first-order valence-electron chi connectivity index (χ1n) is 10.3. The summed E-state index contributed by atoms with van der Waals surface area (Å²) in [7, 11) is 0.